The molecule has 2 aromatic carbocycles. The number of nitriles is 1. The van der Waals surface area contributed by atoms with Crippen molar-refractivity contribution in [3.63, 3.8) is 0 Å². The monoisotopic (exact) mass is 385 g/mol. The molecule has 0 saturated heterocycles. The largest absolute Gasteiger partial charge is 0.331 e. The van der Waals surface area contributed by atoms with E-state index in [1.54, 1.807) is 29.2 Å². The van der Waals surface area contributed by atoms with Crippen LogP contribution in [0.5, 0.6) is 0 Å². The van der Waals surface area contributed by atoms with Crippen molar-refractivity contribution >= 4 is 17.5 Å². The van der Waals surface area contributed by atoms with Crippen molar-refractivity contribution in [3.8, 4) is 6.07 Å². The molecule has 1 heterocycles. The Morgan fingerprint density at radius 3 is 2.48 bits per heavy atom. The first-order chi connectivity index (χ1) is 14.0. The van der Waals surface area contributed by atoms with E-state index in [9.17, 15) is 10.1 Å². The molecular weight excluding hydrogens is 362 g/mol. The number of hydrogen-bond donors (Lipinski definition) is 1. The fraction of sp³-hybridized carbons (Fsp3) is 0.217. The van der Waals surface area contributed by atoms with Crippen LogP contribution >= 0.6 is 0 Å². The summed E-state index contributed by atoms with van der Waals surface area (Å²) in [6.45, 7) is 6.28. The number of anilines is 2. The van der Waals surface area contributed by atoms with Crippen molar-refractivity contribution in [2.24, 2.45) is 0 Å². The second-order valence-corrected chi connectivity index (χ2v) is 7.01. The quantitative estimate of drug-likeness (QED) is 0.678. The summed E-state index contributed by atoms with van der Waals surface area (Å²) < 4.78 is 0. The van der Waals surface area contributed by atoms with Crippen LogP contribution in [0.3, 0.4) is 0 Å². The van der Waals surface area contributed by atoms with Crippen molar-refractivity contribution in [1.29, 1.82) is 5.26 Å². The van der Waals surface area contributed by atoms with Crippen LogP contribution < -0.4 is 5.32 Å². The Morgan fingerprint density at radius 2 is 1.79 bits per heavy atom. The van der Waals surface area contributed by atoms with Gasteiger partial charge < -0.3 is 10.2 Å². The van der Waals surface area contributed by atoms with Gasteiger partial charge in [0.1, 0.15) is 11.8 Å². The third-order valence-electron chi connectivity index (χ3n) is 4.45. The number of benzene rings is 2. The minimum absolute atomic E-state index is 0.00806. The molecule has 0 aliphatic rings. The lowest BCUT2D eigenvalue weighted by Crippen LogP contribution is -2.37. The zero-order valence-electron chi connectivity index (χ0n) is 16.8. The number of para-hydroxylation sites is 1. The predicted octanol–water partition coefficient (Wildman–Crippen LogP) is 4.45. The average molecular weight is 385 g/mol. The third-order valence-corrected chi connectivity index (χ3v) is 4.45. The first-order valence-corrected chi connectivity index (χ1v) is 9.44. The molecule has 3 aromatic rings. The maximum atomic E-state index is 13.2. The van der Waals surface area contributed by atoms with Crippen LogP contribution in [0.25, 0.3) is 0 Å². The lowest BCUT2D eigenvalue weighted by Gasteiger charge is -2.26. The number of nitrogens with zero attached hydrogens (tertiary/aromatic N) is 4. The topological polar surface area (TPSA) is 81.9 Å². The standard InChI is InChI=1S/C23H23N5O/c1-16(2)28(15-18-9-5-4-6-10-18)22(29)21-13-17(3)25-23(27-21)26-20-12-8-7-11-19(20)14-24/h4-13,16H,15H2,1-3H3,(H,25,26,27). The summed E-state index contributed by atoms with van der Waals surface area (Å²) in [6.07, 6.45) is 0. The number of rotatable bonds is 6. The molecule has 0 fully saturated rings. The van der Waals surface area contributed by atoms with Crippen LogP contribution in [0.1, 0.15) is 41.2 Å². The van der Waals surface area contributed by atoms with E-state index in [4.69, 9.17) is 0 Å². The number of aromatic nitrogens is 2. The van der Waals surface area contributed by atoms with E-state index < -0.39 is 0 Å². The summed E-state index contributed by atoms with van der Waals surface area (Å²) in [4.78, 5) is 23.8. The van der Waals surface area contributed by atoms with Crippen LogP contribution in [-0.4, -0.2) is 26.8 Å². The van der Waals surface area contributed by atoms with Gasteiger partial charge in [0.05, 0.1) is 11.3 Å². The second-order valence-electron chi connectivity index (χ2n) is 7.01. The van der Waals surface area contributed by atoms with Gasteiger partial charge in [-0.2, -0.15) is 5.26 Å². The van der Waals surface area contributed by atoms with E-state index >= 15 is 0 Å². The molecular formula is C23H23N5O. The molecule has 1 amide bonds. The number of nitrogens with one attached hydrogen (secondary N) is 1. The molecule has 0 aliphatic carbocycles. The Balaban J connectivity index is 1.89. The van der Waals surface area contributed by atoms with Gasteiger partial charge in [-0.05, 0) is 44.5 Å². The van der Waals surface area contributed by atoms with Crippen LogP contribution in [0.15, 0.2) is 60.7 Å². The van der Waals surface area contributed by atoms with Gasteiger partial charge in [0.15, 0.2) is 0 Å². The lowest BCUT2D eigenvalue weighted by atomic mass is 10.1. The second kappa shape index (κ2) is 8.98. The first kappa shape index (κ1) is 20.0. The molecule has 1 N–H and O–H groups in total. The zero-order chi connectivity index (χ0) is 20.8. The van der Waals surface area contributed by atoms with E-state index in [0.29, 0.717) is 35.1 Å². The molecule has 0 spiro atoms. The molecule has 146 valence electrons. The Bertz CT molecular complexity index is 1040. The van der Waals surface area contributed by atoms with Gasteiger partial charge in [0.25, 0.3) is 5.91 Å². The molecule has 0 aliphatic heterocycles. The van der Waals surface area contributed by atoms with Gasteiger partial charge in [-0.25, -0.2) is 9.97 Å². The summed E-state index contributed by atoms with van der Waals surface area (Å²) >= 11 is 0. The summed E-state index contributed by atoms with van der Waals surface area (Å²) in [5, 5.41) is 12.3. The van der Waals surface area contributed by atoms with Crippen LogP contribution in [0.4, 0.5) is 11.6 Å². The summed E-state index contributed by atoms with van der Waals surface area (Å²) in [5.74, 6) is 0.130. The van der Waals surface area contributed by atoms with E-state index in [1.807, 2.05) is 57.2 Å². The molecule has 3 rings (SSSR count). The van der Waals surface area contributed by atoms with Crippen LogP contribution in [0.2, 0.25) is 0 Å². The molecule has 0 bridgehead atoms. The predicted molar refractivity (Wildman–Crippen MR) is 113 cm³/mol. The SMILES string of the molecule is Cc1cc(C(=O)N(Cc2ccccc2)C(C)C)nc(Nc2ccccc2C#N)n1. The maximum absolute atomic E-state index is 13.2. The normalized spacial score (nSPS) is 10.4. The van der Waals surface area contributed by atoms with Crippen molar-refractivity contribution in [1.82, 2.24) is 14.9 Å². The molecule has 1 aromatic heterocycles. The summed E-state index contributed by atoms with van der Waals surface area (Å²) in [7, 11) is 0. The van der Waals surface area contributed by atoms with Gasteiger partial charge >= 0.3 is 0 Å². The highest BCUT2D eigenvalue weighted by Crippen LogP contribution is 2.19. The van der Waals surface area contributed by atoms with Gasteiger partial charge in [0.2, 0.25) is 5.95 Å². The van der Waals surface area contributed by atoms with Crippen LogP contribution in [-0.2, 0) is 6.54 Å². The Hall–Kier alpha value is -3.72. The van der Waals surface area contributed by atoms with Gasteiger partial charge in [-0.15, -0.1) is 0 Å². The Kier molecular flexibility index (Phi) is 6.20. The smallest absolute Gasteiger partial charge is 0.273 e. The van der Waals surface area contributed by atoms with Gasteiger partial charge in [-0.3, -0.25) is 4.79 Å². The number of carbonyl (C=O) groups excluding carboxylic acids is 1. The number of hydrogen-bond acceptors (Lipinski definition) is 5. The van der Waals surface area contributed by atoms with E-state index in [0.717, 1.165) is 5.56 Å². The molecule has 0 atom stereocenters. The van der Waals surface area contributed by atoms with E-state index in [-0.39, 0.29) is 11.9 Å². The number of aryl methyl sites for hydroxylation is 1. The van der Waals surface area contributed by atoms with Crippen molar-refractivity contribution in [3.05, 3.63) is 83.2 Å². The molecule has 0 unspecified atom stereocenters. The van der Waals surface area contributed by atoms with Gasteiger partial charge in [0, 0.05) is 18.3 Å². The summed E-state index contributed by atoms with van der Waals surface area (Å²) in [5.41, 5.74) is 3.13. The van der Waals surface area contributed by atoms with Gasteiger partial charge in [-0.1, -0.05) is 42.5 Å². The Morgan fingerprint density at radius 1 is 1.10 bits per heavy atom. The highest BCUT2D eigenvalue weighted by atomic mass is 16.2. The molecule has 29 heavy (non-hydrogen) atoms. The lowest BCUT2D eigenvalue weighted by molar-refractivity contribution is 0.0684. The fourth-order valence-corrected chi connectivity index (χ4v) is 2.96. The van der Waals surface area contributed by atoms with Crippen molar-refractivity contribution in [2.45, 2.75) is 33.4 Å². The minimum Gasteiger partial charge on any atom is -0.331 e. The highest BCUT2D eigenvalue weighted by Gasteiger charge is 2.21. The average Bonchev–Trinajstić information content (AvgIpc) is 2.72. The highest BCUT2D eigenvalue weighted by molar-refractivity contribution is 5.93. The fourth-order valence-electron chi connectivity index (χ4n) is 2.96. The molecule has 0 radical (unpaired) electrons. The molecule has 6 heteroatoms. The first-order valence-electron chi connectivity index (χ1n) is 9.44. The van der Waals surface area contributed by atoms with Crippen molar-refractivity contribution in [2.75, 3.05) is 5.32 Å². The number of carbonyl (C=O) groups is 1. The summed E-state index contributed by atoms with van der Waals surface area (Å²) in [6, 6.07) is 20.8. The molecule has 0 saturated carbocycles. The third kappa shape index (κ3) is 4.96. The van der Waals surface area contributed by atoms with Crippen molar-refractivity contribution < 1.29 is 4.79 Å². The minimum atomic E-state index is -0.161. The maximum Gasteiger partial charge on any atom is 0.273 e. The number of amides is 1. The van der Waals surface area contributed by atoms with E-state index in [1.165, 1.54) is 0 Å². The Labute approximate surface area is 170 Å². The van der Waals surface area contributed by atoms with E-state index in [2.05, 4.69) is 21.4 Å². The van der Waals surface area contributed by atoms with Crippen LogP contribution in [0, 0.1) is 18.3 Å². The molecule has 6 nitrogen and oxygen atoms in total. The zero-order valence-corrected chi connectivity index (χ0v) is 16.8.